The minimum absolute atomic E-state index is 0.459. The third-order valence-electron chi connectivity index (χ3n) is 1.83. The van der Waals surface area contributed by atoms with Crippen molar-refractivity contribution < 1.29 is 0 Å². The van der Waals surface area contributed by atoms with Crippen LogP contribution in [0.15, 0.2) is 30.8 Å². The Morgan fingerprint density at radius 3 is 2.46 bits per heavy atom. The molecule has 0 aliphatic rings. The van der Waals surface area contributed by atoms with Gasteiger partial charge >= 0.3 is 0 Å². The maximum Gasteiger partial charge on any atom is 0.0418 e. The summed E-state index contributed by atoms with van der Waals surface area (Å²) in [7, 11) is 0. The number of para-hydroxylation sites is 1. The van der Waals surface area contributed by atoms with Gasteiger partial charge in [0.15, 0.2) is 0 Å². The van der Waals surface area contributed by atoms with E-state index in [1.807, 2.05) is 19.1 Å². The smallest absolute Gasteiger partial charge is 0.0418 e. The van der Waals surface area contributed by atoms with Gasteiger partial charge in [-0.3, -0.25) is 0 Å². The summed E-state index contributed by atoms with van der Waals surface area (Å²) in [4.78, 5) is 0. The van der Waals surface area contributed by atoms with Crippen molar-refractivity contribution in [2.45, 2.75) is 26.8 Å². The van der Waals surface area contributed by atoms with E-state index in [1.165, 1.54) is 11.3 Å². The molecule has 0 spiro atoms. The lowest BCUT2D eigenvalue weighted by Gasteiger charge is -2.14. The average molecular weight is 175 g/mol. The van der Waals surface area contributed by atoms with Crippen molar-refractivity contribution in [1.29, 1.82) is 0 Å². The van der Waals surface area contributed by atoms with Crippen LogP contribution in [-0.2, 0) is 0 Å². The number of rotatable bonds is 3. The summed E-state index contributed by atoms with van der Waals surface area (Å²) < 4.78 is 0. The number of benzene rings is 1. The van der Waals surface area contributed by atoms with E-state index in [4.69, 9.17) is 0 Å². The van der Waals surface area contributed by atoms with E-state index in [1.54, 1.807) is 0 Å². The molecule has 0 saturated heterocycles. The summed E-state index contributed by atoms with van der Waals surface area (Å²) >= 11 is 0. The van der Waals surface area contributed by atoms with Crippen LogP contribution in [0.3, 0.4) is 0 Å². The van der Waals surface area contributed by atoms with Crippen LogP contribution in [0.4, 0.5) is 5.69 Å². The quantitative estimate of drug-likeness (QED) is 0.741. The Balaban J connectivity index is 2.98. The summed E-state index contributed by atoms with van der Waals surface area (Å²) in [6.07, 6.45) is 0. The van der Waals surface area contributed by atoms with Gasteiger partial charge in [0.2, 0.25) is 0 Å². The maximum atomic E-state index is 3.95. The molecule has 1 rings (SSSR count). The van der Waals surface area contributed by atoms with Gasteiger partial charge in [-0.1, -0.05) is 24.8 Å². The number of allylic oxidation sites excluding steroid dienone is 1. The first-order valence-electron chi connectivity index (χ1n) is 4.62. The number of anilines is 1. The van der Waals surface area contributed by atoms with Crippen LogP contribution in [0.25, 0.3) is 5.57 Å². The third kappa shape index (κ3) is 2.62. The molecule has 0 aromatic heterocycles. The molecule has 1 aromatic carbocycles. The van der Waals surface area contributed by atoms with Crippen LogP contribution < -0.4 is 5.32 Å². The summed E-state index contributed by atoms with van der Waals surface area (Å²) in [6.45, 7) is 10.3. The first kappa shape index (κ1) is 9.85. The van der Waals surface area contributed by atoms with Gasteiger partial charge in [0.1, 0.15) is 0 Å². The second-order valence-corrected chi connectivity index (χ2v) is 3.62. The van der Waals surface area contributed by atoms with E-state index in [0.29, 0.717) is 6.04 Å². The molecular formula is C12H17N. The average Bonchev–Trinajstić information content (AvgIpc) is 2.03. The molecule has 1 aromatic rings. The van der Waals surface area contributed by atoms with E-state index >= 15 is 0 Å². The molecule has 1 nitrogen and oxygen atoms in total. The van der Waals surface area contributed by atoms with Crippen molar-refractivity contribution in [2.24, 2.45) is 0 Å². The van der Waals surface area contributed by atoms with E-state index in [0.717, 1.165) is 5.57 Å². The number of hydrogen-bond acceptors (Lipinski definition) is 1. The Bertz CT molecular complexity index is 300. The first-order valence-corrected chi connectivity index (χ1v) is 4.62. The van der Waals surface area contributed by atoms with Crippen molar-refractivity contribution in [3.63, 3.8) is 0 Å². The van der Waals surface area contributed by atoms with Gasteiger partial charge in [-0.25, -0.2) is 0 Å². The van der Waals surface area contributed by atoms with Crippen LogP contribution in [0.5, 0.6) is 0 Å². The zero-order valence-electron chi connectivity index (χ0n) is 8.59. The highest BCUT2D eigenvalue weighted by molar-refractivity contribution is 5.73. The molecule has 1 N–H and O–H groups in total. The molecule has 0 radical (unpaired) electrons. The largest absolute Gasteiger partial charge is 0.382 e. The molecule has 0 fully saturated rings. The van der Waals surface area contributed by atoms with Crippen LogP contribution >= 0.6 is 0 Å². The summed E-state index contributed by atoms with van der Waals surface area (Å²) in [6, 6.07) is 8.71. The van der Waals surface area contributed by atoms with Gasteiger partial charge in [-0.15, -0.1) is 0 Å². The van der Waals surface area contributed by atoms with E-state index in [2.05, 4.69) is 37.9 Å². The van der Waals surface area contributed by atoms with Crippen molar-refractivity contribution in [3.8, 4) is 0 Å². The molecule has 0 aliphatic heterocycles. The number of nitrogens with one attached hydrogen (secondary N) is 1. The molecule has 0 saturated carbocycles. The van der Waals surface area contributed by atoms with Gasteiger partial charge in [-0.05, 0) is 38.0 Å². The van der Waals surface area contributed by atoms with E-state index < -0.39 is 0 Å². The highest BCUT2D eigenvalue weighted by Crippen LogP contribution is 2.22. The predicted molar refractivity (Wildman–Crippen MR) is 59.9 cm³/mol. The zero-order valence-corrected chi connectivity index (χ0v) is 8.59. The van der Waals surface area contributed by atoms with Gasteiger partial charge in [0.05, 0.1) is 0 Å². The van der Waals surface area contributed by atoms with Gasteiger partial charge in [0, 0.05) is 11.7 Å². The minimum Gasteiger partial charge on any atom is -0.382 e. The van der Waals surface area contributed by atoms with Crippen molar-refractivity contribution in [1.82, 2.24) is 0 Å². The Morgan fingerprint density at radius 2 is 1.92 bits per heavy atom. The van der Waals surface area contributed by atoms with Crippen LogP contribution in [0.2, 0.25) is 0 Å². The van der Waals surface area contributed by atoms with Gasteiger partial charge < -0.3 is 5.32 Å². The fourth-order valence-electron chi connectivity index (χ4n) is 1.29. The summed E-state index contributed by atoms with van der Waals surface area (Å²) in [5.41, 5.74) is 3.48. The van der Waals surface area contributed by atoms with Crippen molar-refractivity contribution in [3.05, 3.63) is 36.4 Å². The lowest BCUT2D eigenvalue weighted by molar-refractivity contribution is 0.899. The lowest BCUT2D eigenvalue weighted by atomic mass is 10.1. The summed E-state index contributed by atoms with van der Waals surface area (Å²) in [5, 5.41) is 3.39. The predicted octanol–water partition coefficient (Wildman–Crippen LogP) is 3.54. The Morgan fingerprint density at radius 1 is 1.31 bits per heavy atom. The van der Waals surface area contributed by atoms with E-state index in [9.17, 15) is 0 Å². The highest BCUT2D eigenvalue weighted by Gasteiger charge is 2.02. The fraction of sp³-hybridized carbons (Fsp3) is 0.333. The molecule has 0 amide bonds. The monoisotopic (exact) mass is 175 g/mol. The zero-order chi connectivity index (χ0) is 9.84. The molecular weight excluding hydrogens is 158 g/mol. The molecule has 0 aliphatic carbocycles. The molecule has 0 atom stereocenters. The third-order valence-corrected chi connectivity index (χ3v) is 1.83. The Kier molecular flexibility index (Phi) is 3.13. The van der Waals surface area contributed by atoms with Gasteiger partial charge in [0.25, 0.3) is 0 Å². The van der Waals surface area contributed by atoms with Crippen LogP contribution in [-0.4, -0.2) is 6.04 Å². The molecule has 13 heavy (non-hydrogen) atoms. The SMILES string of the molecule is C=C(C)c1ccccc1NC(C)C. The van der Waals surface area contributed by atoms with Crippen molar-refractivity contribution >= 4 is 11.3 Å². The molecule has 70 valence electrons. The molecule has 0 bridgehead atoms. The topological polar surface area (TPSA) is 12.0 Å². The lowest BCUT2D eigenvalue weighted by Crippen LogP contribution is -2.10. The Hall–Kier alpha value is -1.24. The molecule has 1 heteroatoms. The highest BCUT2D eigenvalue weighted by atomic mass is 14.9. The van der Waals surface area contributed by atoms with Gasteiger partial charge in [-0.2, -0.15) is 0 Å². The summed E-state index contributed by atoms with van der Waals surface area (Å²) in [5.74, 6) is 0. The second kappa shape index (κ2) is 4.13. The normalized spacial score (nSPS) is 10.2. The molecule has 0 heterocycles. The van der Waals surface area contributed by atoms with Crippen LogP contribution in [0, 0.1) is 0 Å². The van der Waals surface area contributed by atoms with Crippen LogP contribution in [0.1, 0.15) is 26.3 Å². The second-order valence-electron chi connectivity index (χ2n) is 3.62. The van der Waals surface area contributed by atoms with Crippen molar-refractivity contribution in [2.75, 3.05) is 5.32 Å². The first-order chi connectivity index (χ1) is 6.11. The Labute approximate surface area is 80.5 Å². The number of hydrogen-bond donors (Lipinski definition) is 1. The van der Waals surface area contributed by atoms with E-state index in [-0.39, 0.29) is 0 Å². The fourth-order valence-corrected chi connectivity index (χ4v) is 1.29. The standard InChI is InChI=1S/C12H17N/c1-9(2)11-7-5-6-8-12(11)13-10(3)4/h5-8,10,13H,1H2,2-4H3. The molecule has 0 unspecified atom stereocenters. The maximum absolute atomic E-state index is 3.95. The minimum atomic E-state index is 0.459.